The number of thiophene rings is 1. The first kappa shape index (κ1) is 12.7. The highest BCUT2D eigenvalue weighted by molar-refractivity contribution is 7.15. The number of hydrogen-bond acceptors (Lipinski definition) is 5. The van der Waals surface area contributed by atoms with Crippen LogP contribution in [-0.4, -0.2) is 16.7 Å². The van der Waals surface area contributed by atoms with Crippen molar-refractivity contribution in [1.82, 2.24) is 15.5 Å². The van der Waals surface area contributed by atoms with E-state index in [0.29, 0.717) is 6.04 Å². The zero-order chi connectivity index (χ0) is 12.3. The second kappa shape index (κ2) is 5.71. The van der Waals surface area contributed by atoms with Crippen LogP contribution in [0.25, 0.3) is 10.6 Å². The highest BCUT2D eigenvalue weighted by atomic mass is 32.1. The average Bonchev–Trinajstić information content (AvgIpc) is 2.93. The molecule has 2 aromatic heterocycles. The summed E-state index contributed by atoms with van der Waals surface area (Å²) in [5.74, 6) is 0. The molecule has 0 aromatic carbocycles. The summed E-state index contributed by atoms with van der Waals surface area (Å²) < 4.78 is 0. The summed E-state index contributed by atoms with van der Waals surface area (Å²) in [5, 5.41) is 18.4. The van der Waals surface area contributed by atoms with Crippen LogP contribution in [-0.2, 0) is 0 Å². The van der Waals surface area contributed by atoms with Gasteiger partial charge in [-0.25, -0.2) is 0 Å². The lowest BCUT2D eigenvalue weighted by Gasteiger charge is -2.08. The molecule has 0 saturated carbocycles. The van der Waals surface area contributed by atoms with Crippen molar-refractivity contribution in [1.29, 1.82) is 0 Å². The SMILES string of the molecule is CCCNC(C)c1nnc(-c2cscc2C)s1. The van der Waals surface area contributed by atoms with Crippen molar-refractivity contribution in [3.8, 4) is 10.6 Å². The van der Waals surface area contributed by atoms with E-state index in [1.165, 1.54) is 11.1 Å². The molecule has 5 heteroatoms. The van der Waals surface area contributed by atoms with Gasteiger partial charge in [0.2, 0.25) is 0 Å². The molecule has 92 valence electrons. The monoisotopic (exact) mass is 267 g/mol. The van der Waals surface area contributed by atoms with Crippen LogP contribution in [0.5, 0.6) is 0 Å². The van der Waals surface area contributed by atoms with E-state index in [1.807, 2.05) is 0 Å². The first-order chi connectivity index (χ1) is 8.22. The minimum absolute atomic E-state index is 0.292. The van der Waals surface area contributed by atoms with Crippen molar-refractivity contribution in [3.05, 3.63) is 21.3 Å². The Hall–Kier alpha value is -0.780. The molecule has 17 heavy (non-hydrogen) atoms. The molecule has 2 rings (SSSR count). The van der Waals surface area contributed by atoms with Crippen molar-refractivity contribution >= 4 is 22.7 Å². The predicted molar refractivity (Wildman–Crippen MR) is 74.7 cm³/mol. The van der Waals surface area contributed by atoms with Crippen LogP contribution in [0.4, 0.5) is 0 Å². The molecule has 1 unspecified atom stereocenters. The summed E-state index contributed by atoms with van der Waals surface area (Å²) in [7, 11) is 0. The standard InChI is InChI=1S/C12H17N3S2/c1-4-5-13-9(3)11-14-15-12(17-11)10-7-16-6-8(10)2/h6-7,9,13H,4-5H2,1-3H3. The van der Waals surface area contributed by atoms with Crippen molar-refractivity contribution in [2.75, 3.05) is 6.54 Å². The van der Waals surface area contributed by atoms with Gasteiger partial charge in [-0.2, -0.15) is 11.3 Å². The number of aromatic nitrogens is 2. The summed E-state index contributed by atoms with van der Waals surface area (Å²) in [6.07, 6.45) is 1.14. The fraction of sp³-hybridized carbons (Fsp3) is 0.500. The van der Waals surface area contributed by atoms with E-state index in [4.69, 9.17) is 0 Å². The summed E-state index contributed by atoms with van der Waals surface area (Å²) >= 11 is 3.40. The quantitative estimate of drug-likeness (QED) is 0.899. The van der Waals surface area contributed by atoms with Gasteiger partial charge in [0, 0.05) is 10.9 Å². The first-order valence-electron chi connectivity index (χ1n) is 5.82. The van der Waals surface area contributed by atoms with Gasteiger partial charge >= 0.3 is 0 Å². The Kier molecular flexibility index (Phi) is 4.25. The van der Waals surface area contributed by atoms with E-state index in [2.05, 4.69) is 47.0 Å². The molecule has 0 aliphatic rings. The molecular weight excluding hydrogens is 250 g/mol. The number of aryl methyl sites for hydroxylation is 1. The predicted octanol–water partition coefficient (Wildman–Crippen LogP) is 3.64. The molecule has 2 heterocycles. The van der Waals surface area contributed by atoms with Crippen LogP contribution in [0.3, 0.4) is 0 Å². The van der Waals surface area contributed by atoms with E-state index in [-0.39, 0.29) is 0 Å². The van der Waals surface area contributed by atoms with Gasteiger partial charge in [-0.1, -0.05) is 18.3 Å². The van der Waals surface area contributed by atoms with Gasteiger partial charge in [-0.15, -0.1) is 10.2 Å². The second-order valence-corrected chi connectivity index (χ2v) is 5.84. The number of rotatable bonds is 5. The Bertz CT molecular complexity index is 476. The van der Waals surface area contributed by atoms with Crippen LogP contribution in [0.15, 0.2) is 10.8 Å². The molecule has 0 aliphatic heterocycles. The van der Waals surface area contributed by atoms with Gasteiger partial charge in [-0.3, -0.25) is 0 Å². The van der Waals surface area contributed by atoms with Crippen LogP contribution in [0, 0.1) is 6.92 Å². The highest BCUT2D eigenvalue weighted by Crippen LogP contribution is 2.31. The Morgan fingerprint density at radius 1 is 1.35 bits per heavy atom. The lowest BCUT2D eigenvalue weighted by atomic mass is 10.2. The van der Waals surface area contributed by atoms with Crippen LogP contribution >= 0.6 is 22.7 Å². The maximum atomic E-state index is 4.28. The normalized spacial score (nSPS) is 12.9. The van der Waals surface area contributed by atoms with E-state index in [9.17, 15) is 0 Å². The highest BCUT2D eigenvalue weighted by Gasteiger charge is 2.13. The number of hydrogen-bond donors (Lipinski definition) is 1. The Morgan fingerprint density at radius 2 is 2.18 bits per heavy atom. The molecule has 0 aliphatic carbocycles. The van der Waals surface area contributed by atoms with Gasteiger partial charge in [0.05, 0.1) is 6.04 Å². The molecule has 0 saturated heterocycles. The molecule has 2 aromatic rings. The largest absolute Gasteiger partial charge is 0.308 e. The third kappa shape index (κ3) is 2.91. The average molecular weight is 267 g/mol. The van der Waals surface area contributed by atoms with Crippen molar-refractivity contribution in [2.24, 2.45) is 0 Å². The smallest absolute Gasteiger partial charge is 0.148 e. The molecule has 0 radical (unpaired) electrons. The van der Waals surface area contributed by atoms with Gasteiger partial charge < -0.3 is 5.32 Å². The van der Waals surface area contributed by atoms with Crippen molar-refractivity contribution in [3.63, 3.8) is 0 Å². The topological polar surface area (TPSA) is 37.8 Å². The summed E-state index contributed by atoms with van der Waals surface area (Å²) in [4.78, 5) is 0. The minimum atomic E-state index is 0.292. The van der Waals surface area contributed by atoms with Crippen molar-refractivity contribution in [2.45, 2.75) is 33.2 Å². The number of nitrogens with one attached hydrogen (secondary N) is 1. The Morgan fingerprint density at radius 3 is 2.82 bits per heavy atom. The lowest BCUT2D eigenvalue weighted by molar-refractivity contribution is 0.564. The second-order valence-electron chi connectivity index (χ2n) is 4.09. The third-order valence-corrected chi connectivity index (χ3v) is 4.60. The van der Waals surface area contributed by atoms with Gasteiger partial charge in [-0.05, 0) is 37.8 Å². The maximum absolute atomic E-state index is 4.28. The third-order valence-electron chi connectivity index (χ3n) is 2.60. The zero-order valence-corrected chi connectivity index (χ0v) is 12.0. The summed E-state index contributed by atoms with van der Waals surface area (Å²) in [6, 6.07) is 0.292. The van der Waals surface area contributed by atoms with Crippen LogP contribution < -0.4 is 5.32 Å². The first-order valence-corrected chi connectivity index (χ1v) is 7.58. The summed E-state index contributed by atoms with van der Waals surface area (Å²) in [6.45, 7) is 7.44. The fourth-order valence-electron chi connectivity index (χ4n) is 1.55. The molecule has 0 amide bonds. The summed E-state index contributed by atoms with van der Waals surface area (Å²) in [5.41, 5.74) is 2.51. The van der Waals surface area contributed by atoms with E-state index < -0.39 is 0 Å². The van der Waals surface area contributed by atoms with Gasteiger partial charge in [0.25, 0.3) is 0 Å². The molecular formula is C12H17N3S2. The molecule has 0 spiro atoms. The van der Waals surface area contributed by atoms with Crippen LogP contribution in [0.1, 0.15) is 36.9 Å². The van der Waals surface area contributed by atoms with Gasteiger partial charge in [0.1, 0.15) is 10.0 Å². The molecule has 1 atom stereocenters. The molecule has 0 fully saturated rings. The molecule has 0 bridgehead atoms. The van der Waals surface area contributed by atoms with E-state index >= 15 is 0 Å². The van der Waals surface area contributed by atoms with E-state index in [1.54, 1.807) is 22.7 Å². The molecule has 3 nitrogen and oxygen atoms in total. The minimum Gasteiger partial charge on any atom is -0.308 e. The maximum Gasteiger partial charge on any atom is 0.148 e. The van der Waals surface area contributed by atoms with Crippen molar-refractivity contribution < 1.29 is 0 Å². The van der Waals surface area contributed by atoms with Crippen LogP contribution in [0.2, 0.25) is 0 Å². The number of nitrogens with zero attached hydrogens (tertiary/aromatic N) is 2. The molecule has 1 N–H and O–H groups in total. The van der Waals surface area contributed by atoms with Gasteiger partial charge in [0.15, 0.2) is 0 Å². The fourth-order valence-corrected chi connectivity index (χ4v) is 3.40. The Balaban J connectivity index is 2.13. The lowest BCUT2D eigenvalue weighted by Crippen LogP contribution is -2.18. The zero-order valence-electron chi connectivity index (χ0n) is 10.4. The Labute approximate surface area is 110 Å². The van der Waals surface area contributed by atoms with E-state index in [0.717, 1.165) is 23.0 Å².